The smallest absolute Gasteiger partial charge is 0.108 e. The maximum atomic E-state index is 7.53. The number of hydrogen-bond donors (Lipinski definition) is 2. The monoisotopic (exact) mass is 364 g/mol. The van der Waals surface area contributed by atoms with E-state index in [1.165, 1.54) is 18.2 Å². The number of pyridine rings is 2. The highest BCUT2D eigenvalue weighted by Gasteiger charge is 2.06. The summed E-state index contributed by atoms with van der Waals surface area (Å²) in [5.41, 5.74) is 3.30. The van der Waals surface area contributed by atoms with Crippen molar-refractivity contribution < 1.29 is 0 Å². The summed E-state index contributed by atoms with van der Waals surface area (Å²) < 4.78 is 3.22. The molecule has 3 rings (SSSR count). The van der Waals surface area contributed by atoms with Gasteiger partial charge in [0.25, 0.3) is 0 Å². The molecule has 0 saturated carbocycles. The van der Waals surface area contributed by atoms with Gasteiger partial charge in [-0.2, -0.15) is 0 Å². The van der Waals surface area contributed by atoms with Crippen LogP contribution in [0.4, 0.5) is 5.69 Å². The zero-order valence-electron chi connectivity index (χ0n) is 14.5. The molecular formula is C19H20N6S. The predicted molar refractivity (Wildman–Crippen MR) is 109 cm³/mol. The standard InChI is InChI=1S/C19H20N6S/c1-25-9-3-2-6-19(25)22-8-10-26-24-17-11-16(14-23-18(17)12-20)15-5-4-7-21-13-15/h3-5,7-14,20,24H,2,6H2,1H3/b10-8+,20-12?,22-19?. The second-order valence-electron chi connectivity index (χ2n) is 5.63. The molecule has 0 bridgehead atoms. The van der Waals surface area contributed by atoms with Crippen LogP contribution < -0.4 is 4.72 Å². The van der Waals surface area contributed by atoms with E-state index in [4.69, 9.17) is 5.41 Å². The van der Waals surface area contributed by atoms with Gasteiger partial charge in [-0.1, -0.05) is 12.1 Å². The molecule has 0 atom stereocenters. The van der Waals surface area contributed by atoms with E-state index < -0.39 is 0 Å². The minimum absolute atomic E-state index is 0.585. The molecule has 3 heterocycles. The number of amidine groups is 1. The summed E-state index contributed by atoms with van der Waals surface area (Å²) in [4.78, 5) is 15.0. The molecule has 26 heavy (non-hydrogen) atoms. The third-order valence-corrected chi connectivity index (χ3v) is 4.44. The van der Waals surface area contributed by atoms with E-state index in [1.54, 1.807) is 24.8 Å². The zero-order chi connectivity index (χ0) is 18.2. The van der Waals surface area contributed by atoms with E-state index in [2.05, 4.69) is 25.8 Å². The van der Waals surface area contributed by atoms with Gasteiger partial charge in [-0.15, -0.1) is 0 Å². The highest BCUT2D eigenvalue weighted by molar-refractivity contribution is 8.03. The molecule has 6 nitrogen and oxygen atoms in total. The molecule has 1 aliphatic rings. The van der Waals surface area contributed by atoms with Gasteiger partial charge in [0.2, 0.25) is 0 Å². The number of anilines is 1. The van der Waals surface area contributed by atoms with Crippen molar-refractivity contribution in [3.63, 3.8) is 0 Å². The lowest BCUT2D eigenvalue weighted by molar-refractivity contribution is 0.640. The summed E-state index contributed by atoms with van der Waals surface area (Å²) in [7, 11) is 2.00. The quantitative estimate of drug-likeness (QED) is 0.590. The van der Waals surface area contributed by atoms with Crippen LogP contribution in [0.25, 0.3) is 11.1 Å². The Morgan fingerprint density at radius 1 is 1.35 bits per heavy atom. The maximum absolute atomic E-state index is 7.53. The fourth-order valence-electron chi connectivity index (χ4n) is 2.47. The zero-order valence-corrected chi connectivity index (χ0v) is 15.3. The first kappa shape index (κ1) is 17.9. The van der Waals surface area contributed by atoms with Crippen molar-refractivity contribution in [1.29, 1.82) is 5.41 Å². The lowest BCUT2D eigenvalue weighted by atomic mass is 10.1. The van der Waals surface area contributed by atoms with Crippen LogP contribution in [0.15, 0.2) is 65.7 Å². The van der Waals surface area contributed by atoms with Crippen LogP contribution in [0.1, 0.15) is 18.5 Å². The summed E-state index contributed by atoms with van der Waals surface area (Å²) in [6.45, 7) is 0. The normalized spacial score (nSPS) is 15.6. The Labute approximate surface area is 157 Å². The van der Waals surface area contributed by atoms with Crippen molar-refractivity contribution >= 4 is 29.7 Å². The second kappa shape index (κ2) is 8.96. The number of hydrogen-bond acceptors (Lipinski definition) is 6. The van der Waals surface area contributed by atoms with Gasteiger partial charge in [0.1, 0.15) is 11.5 Å². The van der Waals surface area contributed by atoms with Gasteiger partial charge in [0, 0.05) is 67.2 Å². The Bertz CT molecular complexity index is 844. The largest absolute Gasteiger partial charge is 0.340 e. The molecule has 0 saturated heterocycles. The first-order valence-corrected chi connectivity index (χ1v) is 9.09. The molecule has 132 valence electrons. The summed E-state index contributed by atoms with van der Waals surface area (Å²) in [6, 6.07) is 5.84. The van der Waals surface area contributed by atoms with Crippen molar-refractivity contribution in [2.75, 3.05) is 11.8 Å². The van der Waals surface area contributed by atoms with Crippen molar-refractivity contribution in [1.82, 2.24) is 14.9 Å². The molecule has 2 aromatic heterocycles. The Kier molecular flexibility index (Phi) is 6.16. The van der Waals surface area contributed by atoms with E-state index in [0.717, 1.165) is 35.5 Å². The van der Waals surface area contributed by atoms with Crippen LogP contribution in [-0.2, 0) is 0 Å². The van der Waals surface area contributed by atoms with Gasteiger partial charge in [0.15, 0.2) is 0 Å². The topological polar surface area (TPSA) is 77.3 Å². The minimum atomic E-state index is 0.585. The summed E-state index contributed by atoms with van der Waals surface area (Å²) in [6.07, 6.45) is 14.5. The van der Waals surface area contributed by atoms with Crippen molar-refractivity contribution in [3.05, 3.63) is 66.4 Å². The van der Waals surface area contributed by atoms with Crippen molar-refractivity contribution in [2.24, 2.45) is 4.99 Å². The van der Waals surface area contributed by atoms with E-state index >= 15 is 0 Å². The van der Waals surface area contributed by atoms with E-state index in [9.17, 15) is 0 Å². The van der Waals surface area contributed by atoms with Crippen LogP contribution in [0, 0.1) is 5.41 Å². The lowest BCUT2D eigenvalue weighted by Gasteiger charge is -2.19. The molecule has 0 fully saturated rings. The van der Waals surface area contributed by atoms with Crippen LogP contribution >= 0.6 is 11.9 Å². The predicted octanol–water partition coefficient (Wildman–Crippen LogP) is 4.31. The number of rotatable bonds is 6. The molecule has 0 radical (unpaired) electrons. The first-order chi connectivity index (χ1) is 12.8. The lowest BCUT2D eigenvalue weighted by Crippen LogP contribution is -2.22. The summed E-state index contributed by atoms with van der Waals surface area (Å²) in [5.74, 6) is 1.05. The second-order valence-corrected chi connectivity index (χ2v) is 6.34. The molecule has 0 unspecified atom stereocenters. The number of aliphatic imine (C=N–C) groups is 1. The van der Waals surface area contributed by atoms with Gasteiger partial charge >= 0.3 is 0 Å². The molecule has 2 aromatic rings. The third-order valence-electron chi connectivity index (χ3n) is 3.84. The van der Waals surface area contributed by atoms with Gasteiger partial charge in [0.05, 0.1) is 5.69 Å². The number of aromatic nitrogens is 2. The highest BCUT2D eigenvalue weighted by Crippen LogP contribution is 2.24. The van der Waals surface area contributed by atoms with Gasteiger partial charge in [-0.05, 0) is 30.5 Å². The maximum Gasteiger partial charge on any atom is 0.108 e. The van der Waals surface area contributed by atoms with E-state index in [1.807, 2.05) is 41.8 Å². The minimum Gasteiger partial charge on any atom is -0.340 e. The van der Waals surface area contributed by atoms with E-state index in [-0.39, 0.29) is 0 Å². The van der Waals surface area contributed by atoms with Crippen molar-refractivity contribution in [3.8, 4) is 11.1 Å². The Balaban J connectivity index is 1.67. The average Bonchev–Trinajstić information content (AvgIpc) is 2.69. The molecule has 0 aliphatic carbocycles. The summed E-state index contributed by atoms with van der Waals surface area (Å²) >= 11 is 1.40. The molecule has 0 aromatic carbocycles. The summed E-state index contributed by atoms with van der Waals surface area (Å²) in [5, 5.41) is 9.41. The van der Waals surface area contributed by atoms with Crippen LogP contribution in [0.5, 0.6) is 0 Å². The Morgan fingerprint density at radius 2 is 2.27 bits per heavy atom. The van der Waals surface area contributed by atoms with Crippen molar-refractivity contribution in [2.45, 2.75) is 12.8 Å². The fraction of sp³-hybridized carbons (Fsp3) is 0.158. The van der Waals surface area contributed by atoms with Gasteiger partial charge < -0.3 is 15.0 Å². The van der Waals surface area contributed by atoms with Gasteiger partial charge in [-0.3, -0.25) is 9.97 Å². The van der Waals surface area contributed by atoms with Crippen LogP contribution in [0.3, 0.4) is 0 Å². The molecular weight excluding hydrogens is 344 g/mol. The van der Waals surface area contributed by atoms with E-state index in [0.29, 0.717) is 5.69 Å². The molecule has 7 heteroatoms. The van der Waals surface area contributed by atoms with Gasteiger partial charge in [-0.25, -0.2) is 4.99 Å². The fourth-order valence-corrected chi connectivity index (χ4v) is 2.95. The molecule has 2 N–H and O–H groups in total. The molecule has 0 amide bonds. The highest BCUT2D eigenvalue weighted by atomic mass is 32.2. The molecule has 0 spiro atoms. The van der Waals surface area contributed by atoms with Crippen LogP contribution in [-0.4, -0.2) is 34.0 Å². The number of allylic oxidation sites excluding steroid dienone is 1. The van der Waals surface area contributed by atoms with Crippen LogP contribution in [0.2, 0.25) is 0 Å². The molecule has 1 aliphatic heterocycles. The Hall–Kier alpha value is -2.93. The third kappa shape index (κ3) is 4.58. The average molecular weight is 364 g/mol. The SMILES string of the molecule is CN1C=CCCC1=N/C=C/SNc1cc(-c2cccnc2)cnc1C=N. The first-order valence-electron chi connectivity index (χ1n) is 8.21. The number of nitrogens with one attached hydrogen (secondary N) is 2. The number of nitrogens with zero attached hydrogens (tertiary/aromatic N) is 4. The Morgan fingerprint density at radius 3 is 3.04 bits per heavy atom.